The number of furan rings is 1. The quantitative estimate of drug-likeness (QED) is 0.702. The number of benzene rings is 1. The highest BCUT2D eigenvalue weighted by molar-refractivity contribution is 7.80. The third-order valence-corrected chi connectivity index (χ3v) is 4.89. The maximum atomic E-state index is 12.3. The first-order valence-electron chi connectivity index (χ1n) is 6.44. The number of rotatable bonds is 3. The Hall–Kier alpha value is -1.89. The van der Waals surface area contributed by atoms with Crippen molar-refractivity contribution in [2.75, 3.05) is 0 Å². The van der Waals surface area contributed by atoms with E-state index in [1.807, 2.05) is 30.3 Å². The third-order valence-electron chi connectivity index (χ3n) is 2.97. The molecule has 0 fully saturated rings. The van der Waals surface area contributed by atoms with Crippen molar-refractivity contribution in [2.24, 2.45) is 0 Å². The molecular weight excluding hydrogens is 340 g/mol. The molecule has 22 heavy (non-hydrogen) atoms. The van der Waals surface area contributed by atoms with Gasteiger partial charge in [0.1, 0.15) is 10.6 Å². The number of nitrogens with one attached hydrogen (secondary N) is 2. The molecule has 3 aromatic rings. The topological polar surface area (TPSA) is 54.3 Å². The molecular formula is C15H11ClN2O2S2. The van der Waals surface area contributed by atoms with E-state index < -0.39 is 0 Å². The lowest BCUT2D eigenvalue weighted by Crippen LogP contribution is -2.38. The molecule has 3 rings (SSSR count). The van der Waals surface area contributed by atoms with E-state index in [1.165, 1.54) is 11.3 Å². The summed E-state index contributed by atoms with van der Waals surface area (Å²) >= 11 is 12.7. The van der Waals surface area contributed by atoms with Gasteiger partial charge in [-0.2, -0.15) is 0 Å². The fraction of sp³-hybridized carbons (Fsp3) is 0.0667. The van der Waals surface area contributed by atoms with Gasteiger partial charge in [0.05, 0.1) is 17.8 Å². The van der Waals surface area contributed by atoms with E-state index >= 15 is 0 Å². The molecule has 0 bridgehead atoms. The molecule has 0 saturated heterocycles. The number of carbonyl (C=O) groups is 1. The summed E-state index contributed by atoms with van der Waals surface area (Å²) in [6.07, 6.45) is 1.58. The number of thiocarbonyl (C=S) groups is 1. The van der Waals surface area contributed by atoms with E-state index in [1.54, 1.807) is 12.3 Å². The zero-order valence-electron chi connectivity index (χ0n) is 11.3. The molecule has 0 saturated carbocycles. The summed E-state index contributed by atoms with van der Waals surface area (Å²) in [6.45, 7) is 0.409. The number of halogens is 1. The van der Waals surface area contributed by atoms with E-state index in [-0.39, 0.29) is 11.0 Å². The summed E-state index contributed by atoms with van der Waals surface area (Å²) < 4.78 is 6.14. The normalized spacial score (nSPS) is 10.6. The Labute approximate surface area is 141 Å². The highest BCUT2D eigenvalue weighted by Crippen LogP contribution is 2.34. The van der Waals surface area contributed by atoms with Gasteiger partial charge in [-0.1, -0.05) is 29.8 Å². The van der Waals surface area contributed by atoms with Crippen LogP contribution in [0.2, 0.25) is 5.02 Å². The fourth-order valence-electron chi connectivity index (χ4n) is 1.94. The Bertz CT molecular complexity index is 827. The zero-order chi connectivity index (χ0) is 15.5. The smallest absolute Gasteiger partial charge is 0.269 e. The first kappa shape index (κ1) is 15.0. The minimum absolute atomic E-state index is 0.231. The van der Waals surface area contributed by atoms with E-state index in [2.05, 4.69) is 10.6 Å². The Morgan fingerprint density at radius 3 is 2.82 bits per heavy atom. The van der Waals surface area contributed by atoms with Gasteiger partial charge in [-0.05, 0) is 30.4 Å². The summed E-state index contributed by atoms with van der Waals surface area (Å²) in [4.78, 5) is 12.7. The van der Waals surface area contributed by atoms with Crippen molar-refractivity contribution in [1.82, 2.24) is 10.6 Å². The monoisotopic (exact) mass is 350 g/mol. The molecule has 0 aliphatic carbocycles. The lowest BCUT2D eigenvalue weighted by atomic mass is 10.2. The van der Waals surface area contributed by atoms with Crippen LogP contribution in [0.4, 0.5) is 0 Å². The predicted octanol–water partition coefficient (Wildman–Crippen LogP) is 3.95. The molecule has 2 heterocycles. The van der Waals surface area contributed by atoms with Crippen LogP contribution in [-0.4, -0.2) is 11.0 Å². The molecule has 1 amide bonds. The SMILES string of the molecule is O=C(NC(=S)NCc1ccco1)c1sc2ccccc2c1Cl. The second-order valence-corrected chi connectivity index (χ2v) is 6.30. The van der Waals surface area contributed by atoms with Crippen molar-refractivity contribution in [3.63, 3.8) is 0 Å². The van der Waals surface area contributed by atoms with Crippen LogP contribution in [0.25, 0.3) is 10.1 Å². The minimum Gasteiger partial charge on any atom is -0.467 e. The van der Waals surface area contributed by atoms with Crippen LogP contribution < -0.4 is 10.6 Å². The van der Waals surface area contributed by atoms with Gasteiger partial charge < -0.3 is 9.73 Å². The standard InChI is InChI=1S/C15H11ClN2O2S2/c16-12-10-5-1-2-6-11(10)22-13(12)14(19)18-15(21)17-8-9-4-3-7-20-9/h1-7H,8H2,(H2,17,18,19,21). The van der Waals surface area contributed by atoms with Gasteiger partial charge in [-0.3, -0.25) is 10.1 Å². The number of hydrogen-bond acceptors (Lipinski definition) is 4. The van der Waals surface area contributed by atoms with E-state index in [4.69, 9.17) is 28.2 Å². The highest BCUT2D eigenvalue weighted by atomic mass is 35.5. The molecule has 7 heteroatoms. The van der Waals surface area contributed by atoms with Crippen LogP contribution in [0.15, 0.2) is 47.1 Å². The summed E-state index contributed by atoms with van der Waals surface area (Å²) in [5, 5.41) is 7.08. The number of carbonyl (C=O) groups excluding carboxylic acids is 1. The highest BCUT2D eigenvalue weighted by Gasteiger charge is 2.17. The molecule has 2 N–H and O–H groups in total. The molecule has 0 spiro atoms. The zero-order valence-corrected chi connectivity index (χ0v) is 13.6. The second-order valence-electron chi connectivity index (χ2n) is 4.46. The van der Waals surface area contributed by atoms with E-state index in [0.29, 0.717) is 16.4 Å². The number of hydrogen-bond donors (Lipinski definition) is 2. The van der Waals surface area contributed by atoms with Crippen LogP contribution in [-0.2, 0) is 6.54 Å². The third kappa shape index (κ3) is 3.14. The maximum Gasteiger partial charge on any atom is 0.269 e. The molecule has 2 aromatic heterocycles. The largest absolute Gasteiger partial charge is 0.467 e. The Kier molecular flexibility index (Phi) is 4.42. The van der Waals surface area contributed by atoms with Crippen LogP contribution in [0.5, 0.6) is 0 Å². The first-order valence-corrected chi connectivity index (χ1v) is 8.04. The Balaban J connectivity index is 1.67. The molecule has 0 atom stereocenters. The van der Waals surface area contributed by atoms with Crippen LogP contribution in [0.1, 0.15) is 15.4 Å². The Morgan fingerprint density at radius 2 is 2.09 bits per heavy atom. The van der Waals surface area contributed by atoms with Gasteiger partial charge in [-0.15, -0.1) is 11.3 Å². The van der Waals surface area contributed by atoms with Crippen molar-refractivity contribution >= 4 is 56.3 Å². The average molecular weight is 351 g/mol. The molecule has 0 radical (unpaired) electrons. The van der Waals surface area contributed by atoms with Crippen molar-refractivity contribution < 1.29 is 9.21 Å². The lowest BCUT2D eigenvalue weighted by Gasteiger charge is -2.07. The van der Waals surface area contributed by atoms with E-state index in [9.17, 15) is 4.79 Å². The van der Waals surface area contributed by atoms with Crippen molar-refractivity contribution in [3.8, 4) is 0 Å². The number of amides is 1. The summed E-state index contributed by atoms with van der Waals surface area (Å²) in [7, 11) is 0. The molecule has 0 aliphatic heterocycles. The van der Waals surface area contributed by atoms with Gasteiger partial charge >= 0.3 is 0 Å². The van der Waals surface area contributed by atoms with E-state index in [0.717, 1.165) is 15.8 Å². The Morgan fingerprint density at radius 1 is 1.27 bits per heavy atom. The summed E-state index contributed by atoms with van der Waals surface area (Å²) in [6, 6.07) is 11.2. The molecule has 1 aromatic carbocycles. The molecule has 4 nitrogen and oxygen atoms in total. The first-order chi connectivity index (χ1) is 10.6. The number of fused-ring (bicyclic) bond motifs is 1. The van der Waals surface area contributed by atoms with Crippen LogP contribution in [0.3, 0.4) is 0 Å². The minimum atomic E-state index is -0.317. The molecule has 0 aliphatic rings. The van der Waals surface area contributed by atoms with Gasteiger partial charge in [-0.25, -0.2) is 0 Å². The molecule has 0 unspecified atom stereocenters. The summed E-state index contributed by atoms with van der Waals surface area (Å²) in [5.74, 6) is 0.416. The van der Waals surface area contributed by atoms with Crippen molar-refractivity contribution in [1.29, 1.82) is 0 Å². The van der Waals surface area contributed by atoms with Crippen molar-refractivity contribution in [3.05, 3.63) is 58.3 Å². The van der Waals surface area contributed by atoms with Crippen LogP contribution in [0, 0.1) is 0 Å². The van der Waals surface area contributed by atoms with Gasteiger partial charge in [0, 0.05) is 10.1 Å². The average Bonchev–Trinajstić information content (AvgIpc) is 3.14. The van der Waals surface area contributed by atoms with Gasteiger partial charge in [0.15, 0.2) is 5.11 Å². The van der Waals surface area contributed by atoms with Gasteiger partial charge in [0.25, 0.3) is 5.91 Å². The predicted molar refractivity (Wildman–Crippen MR) is 92.4 cm³/mol. The molecule has 112 valence electrons. The fourth-order valence-corrected chi connectivity index (χ4v) is 3.52. The second kappa shape index (κ2) is 6.48. The lowest BCUT2D eigenvalue weighted by molar-refractivity contribution is 0.0980. The van der Waals surface area contributed by atoms with Gasteiger partial charge in [0.2, 0.25) is 0 Å². The summed E-state index contributed by atoms with van der Waals surface area (Å²) in [5.41, 5.74) is 0. The van der Waals surface area contributed by atoms with Crippen LogP contribution >= 0.6 is 35.2 Å². The van der Waals surface area contributed by atoms with Crippen molar-refractivity contribution in [2.45, 2.75) is 6.54 Å². The maximum absolute atomic E-state index is 12.3. The number of thiophene rings is 1.